The second-order valence-electron chi connectivity index (χ2n) is 3.43. The molecule has 0 aliphatic rings. The molecule has 0 bridgehead atoms. The van der Waals surface area contributed by atoms with Gasteiger partial charge in [-0.05, 0) is 31.0 Å². The van der Waals surface area contributed by atoms with Crippen LogP contribution in [0.3, 0.4) is 0 Å². The van der Waals surface area contributed by atoms with Crippen LogP contribution >= 0.6 is 28.3 Å². The van der Waals surface area contributed by atoms with Gasteiger partial charge in [-0.2, -0.15) is 0 Å². The second-order valence-corrected chi connectivity index (χ2v) is 4.29. The van der Waals surface area contributed by atoms with Gasteiger partial charge in [-0.3, -0.25) is 0 Å². The molecule has 0 amide bonds. The van der Waals surface area contributed by atoms with Gasteiger partial charge in [0.25, 0.3) is 0 Å². The molecule has 0 radical (unpaired) electrons. The molecule has 2 N–H and O–H groups in total. The Morgan fingerprint density at radius 2 is 2.20 bits per heavy atom. The molecule has 4 heteroatoms. The maximum absolute atomic E-state index is 12.8. The first-order chi connectivity index (χ1) is 6.50. The van der Waals surface area contributed by atoms with Crippen molar-refractivity contribution in [3.63, 3.8) is 0 Å². The quantitative estimate of drug-likeness (QED) is 0.839. The third-order valence-corrected chi connectivity index (χ3v) is 2.62. The smallest absolute Gasteiger partial charge is 0.124 e. The van der Waals surface area contributed by atoms with E-state index >= 15 is 0 Å². The normalized spacial score (nSPS) is 11.7. The van der Waals surface area contributed by atoms with Gasteiger partial charge in [-0.25, -0.2) is 4.39 Å². The van der Waals surface area contributed by atoms with Gasteiger partial charge in [-0.15, -0.1) is 19.0 Å². The summed E-state index contributed by atoms with van der Waals surface area (Å²) in [6.07, 6.45) is 0.713. The van der Waals surface area contributed by atoms with Crippen LogP contribution in [0.4, 0.5) is 4.39 Å². The molecule has 0 aromatic heterocycles. The fraction of sp³-hybridized carbons (Fsp3) is 0.273. The largest absolute Gasteiger partial charge is 0.324 e. The fourth-order valence-electron chi connectivity index (χ4n) is 1.29. The van der Waals surface area contributed by atoms with Gasteiger partial charge in [0, 0.05) is 10.5 Å². The van der Waals surface area contributed by atoms with Crippen LogP contribution in [0.15, 0.2) is 34.8 Å². The van der Waals surface area contributed by atoms with Crippen LogP contribution in [0.1, 0.15) is 24.9 Å². The molecule has 1 rings (SSSR count). The average molecular weight is 295 g/mol. The van der Waals surface area contributed by atoms with Gasteiger partial charge < -0.3 is 5.73 Å². The molecule has 1 aromatic carbocycles. The highest BCUT2D eigenvalue weighted by Gasteiger charge is 2.10. The van der Waals surface area contributed by atoms with Crippen molar-refractivity contribution >= 4 is 28.3 Å². The van der Waals surface area contributed by atoms with E-state index in [0.29, 0.717) is 10.9 Å². The molecule has 0 spiro atoms. The zero-order valence-electron chi connectivity index (χ0n) is 8.47. The minimum absolute atomic E-state index is 0. The highest BCUT2D eigenvalue weighted by Crippen LogP contribution is 2.26. The summed E-state index contributed by atoms with van der Waals surface area (Å²) in [4.78, 5) is 0. The Labute approximate surface area is 104 Å². The number of rotatable bonds is 3. The summed E-state index contributed by atoms with van der Waals surface area (Å²) in [7, 11) is 0. The van der Waals surface area contributed by atoms with E-state index in [9.17, 15) is 4.39 Å². The number of nitrogens with two attached hydrogens (primary N) is 1. The lowest BCUT2D eigenvalue weighted by Crippen LogP contribution is -2.11. The van der Waals surface area contributed by atoms with Crippen LogP contribution in [-0.4, -0.2) is 0 Å². The molecule has 0 fully saturated rings. The molecular formula is C11H14BrClFN. The van der Waals surface area contributed by atoms with Gasteiger partial charge in [0.1, 0.15) is 5.82 Å². The monoisotopic (exact) mass is 293 g/mol. The van der Waals surface area contributed by atoms with Crippen molar-refractivity contribution in [3.05, 3.63) is 46.2 Å². The third kappa shape index (κ3) is 4.33. The summed E-state index contributed by atoms with van der Waals surface area (Å²) in [5, 5.41) is 0. The number of hydrogen-bond acceptors (Lipinski definition) is 1. The lowest BCUT2D eigenvalue weighted by molar-refractivity contribution is 0.622. The van der Waals surface area contributed by atoms with E-state index in [2.05, 4.69) is 22.5 Å². The molecule has 0 aliphatic carbocycles. The Balaban J connectivity index is 0.00000196. The predicted octanol–water partition coefficient (Wildman–Crippen LogP) is 3.98. The molecule has 0 unspecified atom stereocenters. The summed E-state index contributed by atoms with van der Waals surface area (Å²) in [5.41, 5.74) is 7.87. The predicted molar refractivity (Wildman–Crippen MR) is 67.7 cm³/mol. The van der Waals surface area contributed by atoms with Crippen LogP contribution < -0.4 is 5.73 Å². The molecule has 0 aliphatic heterocycles. The van der Waals surface area contributed by atoms with E-state index in [4.69, 9.17) is 5.73 Å². The van der Waals surface area contributed by atoms with E-state index < -0.39 is 0 Å². The number of benzene rings is 1. The minimum atomic E-state index is -0.261. The van der Waals surface area contributed by atoms with E-state index in [1.54, 1.807) is 6.07 Å². The minimum Gasteiger partial charge on any atom is -0.324 e. The zero-order valence-corrected chi connectivity index (χ0v) is 10.9. The average Bonchev–Trinajstić information content (AvgIpc) is 2.01. The lowest BCUT2D eigenvalue weighted by Gasteiger charge is -2.13. The van der Waals surface area contributed by atoms with Gasteiger partial charge in [-0.1, -0.05) is 27.6 Å². The van der Waals surface area contributed by atoms with Crippen LogP contribution in [-0.2, 0) is 0 Å². The van der Waals surface area contributed by atoms with Crippen LogP contribution in [0.2, 0.25) is 0 Å². The van der Waals surface area contributed by atoms with E-state index in [1.165, 1.54) is 12.1 Å². The Morgan fingerprint density at radius 3 is 2.67 bits per heavy atom. The molecule has 1 nitrogen and oxygen atoms in total. The molecule has 0 heterocycles. The molecule has 1 aromatic rings. The summed E-state index contributed by atoms with van der Waals surface area (Å²) < 4.78 is 13.5. The molecule has 84 valence electrons. The summed E-state index contributed by atoms with van der Waals surface area (Å²) in [5.74, 6) is -0.261. The number of halogens is 3. The van der Waals surface area contributed by atoms with Crippen LogP contribution in [0.5, 0.6) is 0 Å². The van der Waals surface area contributed by atoms with Crippen molar-refractivity contribution in [2.75, 3.05) is 0 Å². The van der Waals surface area contributed by atoms with Crippen molar-refractivity contribution in [1.82, 2.24) is 0 Å². The van der Waals surface area contributed by atoms with Gasteiger partial charge in [0.05, 0.1) is 0 Å². The summed E-state index contributed by atoms with van der Waals surface area (Å²) in [6, 6.07) is 4.42. The first-order valence-corrected chi connectivity index (χ1v) is 5.15. The third-order valence-electron chi connectivity index (χ3n) is 1.93. The highest BCUT2D eigenvalue weighted by atomic mass is 79.9. The Hall–Kier alpha value is -0.380. The standard InChI is InChI=1S/C11H13BrFN.ClH/c1-7(2)5-11(14)9-4-3-8(13)6-10(9)12;/h3-4,6,11H,1,5,14H2,2H3;1H/t11-;/m1./s1. The zero-order chi connectivity index (χ0) is 10.7. The van der Waals surface area contributed by atoms with Crippen molar-refractivity contribution in [3.8, 4) is 0 Å². The van der Waals surface area contributed by atoms with Crippen LogP contribution in [0, 0.1) is 5.82 Å². The SMILES string of the molecule is C=C(C)C[C@@H](N)c1ccc(F)cc1Br.Cl. The molecule has 0 saturated heterocycles. The van der Waals surface area contributed by atoms with Crippen molar-refractivity contribution < 1.29 is 4.39 Å². The highest BCUT2D eigenvalue weighted by molar-refractivity contribution is 9.10. The maximum Gasteiger partial charge on any atom is 0.124 e. The van der Waals surface area contributed by atoms with Crippen molar-refractivity contribution in [2.24, 2.45) is 5.73 Å². The van der Waals surface area contributed by atoms with E-state index in [-0.39, 0.29) is 24.3 Å². The Morgan fingerprint density at radius 1 is 1.60 bits per heavy atom. The van der Waals surface area contributed by atoms with E-state index in [1.807, 2.05) is 6.92 Å². The summed E-state index contributed by atoms with van der Waals surface area (Å²) in [6.45, 7) is 5.73. The summed E-state index contributed by atoms with van der Waals surface area (Å²) >= 11 is 3.29. The second kappa shape index (κ2) is 6.26. The van der Waals surface area contributed by atoms with E-state index in [0.717, 1.165) is 11.1 Å². The first kappa shape index (κ1) is 14.6. The number of hydrogen-bond donors (Lipinski definition) is 1. The maximum atomic E-state index is 12.8. The van der Waals surface area contributed by atoms with Gasteiger partial charge in [0.15, 0.2) is 0 Å². The Bertz CT molecular complexity index is 354. The lowest BCUT2D eigenvalue weighted by atomic mass is 10.0. The first-order valence-electron chi connectivity index (χ1n) is 4.35. The fourth-order valence-corrected chi connectivity index (χ4v) is 1.93. The molecular weight excluding hydrogens is 280 g/mol. The van der Waals surface area contributed by atoms with Crippen molar-refractivity contribution in [1.29, 1.82) is 0 Å². The topological polar surface area (TPSA) is 26.0 Å². The molecule has 0 saturated carbocycles. The van der Waals surface area contributed by atoms with Gasteiger partial charge >= 0.3 is 0 Å². The molecule has 1 atom stereocenters. The Kier molecular flexibility index (Phi) is 6.10. The molecule has 15 heavy (non-hydrogen) atoms. The van der Waals surface area contributed by atoms with Gasteiger partial charge in [0.2, 0.25) is 0 Å². The van der Waals surface area contributed by atoms with Crippen LogP contribution in [0.25, 0.3) is 0 Å². The van der Waals surface area contributed by atoms with Crippen molar-refractivity contribution in [2.45, 2.75) is 19.4 Å².